The Morgan fingerprint density at radius 2 is 1.62 bits per heavy atom. The number of nitrogens with two attached hydrogens (primary N) is 1. The molecule has 0 unspecified atom stereocenters. The van der Waals surface area contributed by atoms with Crippen LogP contribution in [0.5, 0.6) is 0 Å². The van der Waals surface area contributed by atoms with Crippen molar-refractivity contribution >= 4 is 35.6 Å². The van der Waals surface area contributed by atoms with Gasteiger partial charge in [0.05, 0.1) is 0 Å². The standard InChI is InChI=1S/C19H30FN5.HI/c20-17-5-7-18(8-6-17)24-13-15-25(16-14-24)19(21)22-9-1-2-10-23-11-3-4-12-23;/h5-8H,1-4,9-16H2,(H2,21,22);1H. The Bertz CT molecular complexity index is 552. The molecule has 2 heterocycles. The van der Waals surface area contributed by atoms with Crippen LogP contribution in [0.2, 0.25) is 0 Å². The molecule has 0 spiro atoms. The average Bonchev–Trinajstić information content (AvgIpc) is 3.15. The molecular weight excluding hydrogens is 444 g/mol. The Kier molecular flexibility index (Phi) is 8.90. The average molecular weight is 475 g/mol. The molecule has 2 fully saturated rings. The molecule has 1 aromatic rings. The van der Waals surface area contributed by atoms with E-state index in [0.717, 1.165) is 44.8 Å². The molecule has 2 saturated heterocycles. The predicted octanol–water partition coefficient (Wildman–Crippen LogP) is 2.76. The van der Waals surface area contributed by atoms with Crippen molar-refractivity contribution in [2.24, 2.45) is 10.7 Å². The SMILES string of the molecule is I.NC(=NCCCCN1CCCC1)N1CCN(c2ccc(F)cc2)CC1. The fourth-order valence-electron chi connectivity index (χ4n) is 3.59. The minimum absolute atomic E-state index is 0. The first-order valence-electron chi connectivity index (χ1n) is 9.50. The number of anilines is 1. The molecule has 3 rings (SSSR count). The molecule has 2 aliphatic heterocycles. The van der Waals surface area contributed by atoms with Crippen molar-refractivity contribution in [3.05, 3.63) is 30.1 Å². The van der Waals surface area contributed by atoms with Gasteiger partial charge in [0.25, 0.3) is 0 Å². The fourth-order valence-corrected chi connectivity index (χ4v) is 3.59. The van der Waals surface area contributed by atoms with Crippen LogP contribution >= 0.6 is 24.0 Å². The van der Waals surface area contributed by atoms with Crippen LogP contribution in [0.4, 0.5) is 10.1 Å². The molecule has 1 aromatic carbocycles. The van der Waals surface area contributed by atoms with Crippen molar-refractivity contribution in [2.45, 2.75) is 25.7 Å². The highest BCUT2D eigenvalue weighted by Crippen LogP contribution is 2.16. The fraction of sp³-hybridized carbons (Fsp3) is 0.632. The molecule has 0 aromatic heterocycles. The number of likely N-dealkylation sites (tertiary alicyclic amines) is 1. The van der Waals surface area contributed by atoms with Gasteiger partial charge in [-0.05, 0) is 69.6 Å². The van der Waals surface area contributed by atoms with Gasteiger partial charge in [0, 0.05) is 38.4 Å². The molecule has 146 valence electrons. The third kappa shape index (κ3) is 6.26. The van der Waals surface area contributed by atoms with Crippen LogP contribution in [0.1, 0.15) is 25.7 Å². The first-order valence-corrected chi connectivity index (χ1v) is 9.50. The summed E-state index contributed by atoms with van der Waals surface area (Å²) in [6, 6.07) is 6.70. The van der Waals surface area contributed by atoms with Crippen molar-refractivity contribution in [3.8, 4) is 0 Å². The second kappa shape index (κ2) is 10.9. The molecule has 0 bridgehead atoms. The summed E-state index contributed by atoms with van der Waals surface area (Å²) in [7, 11) is 0. The molecule has 2 aliphatic rings. The third-order valence-corrected chi connectivity index (χ3v) is 5.15. The van der Waals surface area contributed by atoms with Gasteiger partial charge in [0.15, 0.2) is 5.96 Å². The summed E-state index contributed by atoms with van der Waals surface area (Å²) < 4.78 is 13.0. The third-order valence-electron chi connectivity index (χ3n) is 5.15. The molecule has 0 atom stereocenters. The quantitative estimate of drug-likeness (QED) is 0.298. The predicted molar refractivity (Wildman–Crippen MR) is 117 cm³/mol. The highest BCUT2D eigenvalue weighted by Gasteiger charge is 2.18. The smallest absolute Gasteiger partial charge is 0.191 e. The lowest BCUT2D eigenvalue weighted by molar-refractivity contribution is 0.330. The molecule has 26 heavy (non-hydrogen) atoms. The second-order valence-electron chi connectivity index (χ2n) is 6.95. The molecule has 0 aliphatic carbocycles. The van der Waals surface area contributed by atoms with Crippen LogP contribution in [0.3, 0.4) is 0 Å². The number of hydrogen-bond donors (Lipinski definition) is 1. The van der Waals surface area contributed by atoms with E-state index < -0.39 is 0 Å². The van der Waals surface area contributed by atoms with Crippen LogP contribution in [0.15, 0.2) is 29.3 Å². The first kappa shape index (κ1) is 21.2. The Labute approximate surface area is 173 Å². The Hall–Kier alpha value is -1.09. The van der Waals surface area contributed by atoms with Gasteiger partial charge in [-0.25, -0.2) is 4.39 Å². The van der Waals surface area contributed by atoms with Gasteiger partial charge in [0.1, 0.15) is 5.82 Å². The zero-order valence-corrected chi connectivity index (χ0v) is 17.8. The maximum Gasteiger partial charge on any atom is 0.191 e. The van der Waals surface area contributed by atoms with Crippen LogP contribution in [0.25, 0.3) is 0 Å². The molecule has 0 amide bonds. The van der Waals surface area contributed by atoms with Crippen LogP contribution < -0.4 is 10.6 Å². The number of aliphatic imine (C=N–C) groups is 1. The van der Waals surface area contributed by atoms with E-state index in [1.165, 1.54) is 51.0 Å². The van der Waals surface area contributed by atoms with Crippen LogP contribution in [-0.2, 0) is 0 Å². The Balaban J connectivity index is 0.00000243. The largest absolute Gasteiger partial charge is 0.370 e. The number of benzene rings is 1. The van der Waals surface area contributed by atoms with Crippen molar-refractivity contribution in [1.82, 2.24) is 9.80 Å². The van der Waals surface area contributed by atoms with Crippen molar-refractivity contribution < 1.29 is 4.39 Å². The Morgan fingerprint density at radius 3 is 2.27 bits per heavy atom. The second-order valence-corrected chi connectivity index (χ2v) is 6.95. The van der Waals surface area contributed by atoms with E-state index >= 15 is 0 Å². The number of guanidine groups is 1. The molecule has 5 nitrogen and oxygen atoms in total. The maximum atomic E-state index is 13.0. The van der Waals surface area contributed by atoms with Crippen LogP contribution in [0, 0.1) is 5.82 Å². The minimum Gasteiger partial charge on any atom is -0.370 e. The van der Waals surface area contributed by atoms with Gasteiger partial charge in [-0.15, -0.1) is 24.0 Å². The zero-order valence-electron chi connectivity index (χ0n) is 15.4. The number of unbranched alkanes of at least 4 members (excludes halogenated alkanes) is 1. The van der Waals surface area contributed by atoms with Gasteiger partial charge < -0.3 is 20.4 Å². The summed E-state index contributed by atoms with van der Waals surface area (Å²) in [5.41, 5.74) is 7.22. The summed E-state index contributed by atoms with van der Waals surface area (Å²) in [5, 5.41) is 0. The summed E-state index contributed by atoms with van der Waals surface area (Å²) in [6.07, 6.45) is 5.02. The summed E-state index contributed by atoms with van der Waals surface area (Å²) >= 11 is 0. The van der Waals surface area contributed by atoms with E-state index in [4.69, 9.17) is 5.73 Å². The van der Waals surface area contributed by atoms with Crippen LogP contribution in [-0.4, -0.2) is 68.1 Å². The summed E-state index contributed by atoms with van der Waals surface area (Å²) in [4.78, 5) is 11.5. The van der Waals surface area contributed by atoms with Gasteiger partial charge in [-0.1, -0.05) is 0 Å². The topological polar surface area (TPSA) is 48.1 Å². The normalized spacial score (nSPS) is 18.9. The minimum atomic E-state index is -0.191. The number of rotatable bonds is 6. The lowest BCUT2D eigenvalue weighted by Gasteiger charge is -2.36. The lowest BCUT2D eigenvalue weighted by atomic mass is 10.2. The van der Waals surface area contributed by atoms with Gasteiger partial charge in [0.2, 0.25) is 0 Å². The van der Waals surface area contributed by atoms with Crippen molar-refractivity contribution in [3.63, 3.8) is 0 Å². The monoisotopic (exact) mass is 475 g/mol. The molecular formula is C19H31FIN5. The van der Waals surface area contributed by atoms with Gasteiger partial charge in [-0.2, -0.15) is 0 Å². The van der Waals surface area contributed by atoms with E-state index in [-0.39, 0.29) is 29.8 Å². The molecule has 0 saturated carbocycles. The molecule has 2 N–H and O–H groups in total. The van der Waals surface area contributed by atoms with E-state index in [1.54, 1.807) is 0 Å². The number of piperazine rings is 1. The first-order chi connectivity index (χ1) is 12.2. The Morgan fingerprint density at radius 1 is 0.962 bits per heavy atom. The van der Waals surface area contributed by atoms with E-state index in [1.807, 2.05) is 12.1 Å². The van der Waals surface area contributed by atoms with Gasteiger partial charge >= 0.3 is 0 Å². The summed E-state index contributed by atoms with van der Waals surface area (Å²) in [5.74, 6) is 0.475. The van der Waals surface area contributed by atoms with Crippen molar-refractivity contribution in [1.29, 1.82) is 0 Å². The number of nitrogens with zero attached hydrogens (tertiary/aromatic N) is 4. The zero-order chi connectivity index (χ0) is 17.5. The lowest BCUT2D eigenvalue weighted by Crippen LogP contribution is -2.51. The highest BCUT2D eigenvalue weighted by atomic mass is 127. The highest BCUT2D eigenvalue weighted by molar-refractivity contribution is 14.0. The van der Waals surface area contributed by atoms with Gasteiger partial charge in [-0.3, -0.25) is 4.99 Å². The van der Waals surface area contributed by atoms with E-state index in [2.05, 4.69) is 19.7 Å². The number of halogens is 2. The maximum absolute atomic E-state index is 13.0. The van der Waals surface area contributed by atoms with Crippen molar-refractivity contribution in [2.75, 3.05) is 57.3 Å². The van der Waals surface area contributed by atoms with E-state index in [9.17, 15) is 4.39 Å². The number of hydrogen-bond acceptors (Lipinski definition) is 3. The summed E-state index contributed by atoms with van der Waals surface area (Å²) in [6.45, 7) is 8.05. The van der Waals surface area contributed by atoms with E-state index in [0.29, 0.717) is 5.96 Å². The molecule has 0 radical (unpaired) electrons. The molecule has 7 heteroatoms.